The number of nitrogens with one attached hydrogen (secondary N) is 10. The summed E-state index contributed by atoms with van der Waals surface area (Å²) >= 11 is 8.40. The third kappa shape index (κ3) is 20.0. The number of hydrogen-bond acceptors (Lipinski definition) is 14. The fourth-order valence-electron chi connectivity index (χ4n) is 8.59. The first-order valence-electron chi connectivity index (χ1n) is 26.2. The molecule has 0 saturated carbocycles. The Morgan fingerprint density at radius 1 is 0.549 bits per heavy atom. The Morgan fingerprint density at radius 3 is 1.62 bits per heavy atom. The van der Waals surface area contributed by atoms with E-state index < -0.39 is 101 Å². The van der Waals surface area contributed by atoms with E-state index in [1.165, 1.54) is 26.4 Å². The molecule has 2 heterocycles. The Labute approximate surface area is 483 Å². The number of benzene rings is 3. The van der Waals surface area contributed by atoms with Gasteiger partial charge in [-0.1, -0.05) is 60.7 Å². The molecule has 0 aliphatic heterocycles. The number of thiol groups is 2. The fraction of sp³-hybridized carbons (Fsp3) is 0.396. The van der Waals surface area contributed by atoms with Gasteiger partial charge in [0.25, 0.3) is 0 Å². The molecule has 20 N–H and O–H groups in total. The first-order chi connectivity index (χ1) is 39.1. The van der Waals surface area contributed by atoms with Crippen molar-refractivity contribution in [3.63, 3.8) is 0 Å². The number of aromatic nitrogens is 3. The standard InChI is InChI=1S/C53H72N18O9S2/c1-28(64-51(80)43(26-82)71-46(75)37(65-29(2)72)13-7-17-60-52(55)56)45(74)67-41(22-34-24-59-27-63-34)50(79)68-39(20-30-15-16-31-9-3-4-10-32(31)19-30)48(77)66-38(14-8-18-61-53(57)58)47(76)69-40(49(78)70-42(25-81)44(54)73)21-33-23-62-36-12-6-5-11-35(33)36/h3-6,9-12,15-16,19,23-24,27-28,37-43,62,81-82H,7-8,13-14,17-18,20-22,25-26H2,1-2H3,(H2,54,73)(H,59,63)(H,64,80)(H,65,72)(H,66,77)(H,67,74)(H,68,79)(H,69,76)(H,70,78)(H,71,75)(H4,55,56,60)(H4,57,58,61)/t28-,37+,38+,39-,40+,41+,42+,43+/m1/s1. The van der Waals surface area contributed by atoms with E-state index in [4.69, 9.17) is 28.7 Å². The predicted molar refractivity (Wildman–Crippen MR) is 315 cm³/mol. The summed E-state index contributed by atoms with van der Waals surface area (Å²) in [5.74, 6) is -7.73. The predicted octanol–water partition coefficient (Wildman–Crippen LogP) is -2.56. The van der Waals surface area contributed by atoms with Gasteiger partial charge in [-0.15, -0.1) is 0 Å². The molecule has 5 rings (SSSR count). The second-order valence-corrected chi connectivity index (χ2v) is 20.0. The molecule has 0 radical (unpaired) electrons. The van der Waals surface area contributed by atoms with Gasteiger partial charge >= 0.3 is 0 Å². The number of hydrogen-bond donors (Lipinski definition) is 17. The molecule has 0 aliphatic carbocycles. The van der Waals surface area contributed by atoms with Crippen molar-refractivity contribution in [1.82, 2.24) is 57.5 Å². The van der Waals surface area contributed by atoms with Crippen LogP contribution in [-0.2, 0) is 62.4 Å². The molecule has 82 heavy (non-hydrogen) atoms. The molecular weight excluding hydrogens is 1100 g/mol. The lowest BCUT2D eigenvalue weighted by molar-refractivity contribution is -0.135. The average Bonchev–Trinajstić information content (AvgIpc) is 4.17. The largest absolute Gasteiger partial charge is 0.370 e. The number of aliphatic imine (C=N–C) groups is 2. The first-order valence-corrected chi connectivity index (χ1v) is 27.4. The number of amides is 9. The highest BCUT2D eigenvalue weighted by molar-refractivity contribution is 7.80. The molecular formula is C53H72N18O9S2. The lowest BCUT2D eigenvalue weighted by Gasteiger charge is -2.27. The molecule has 29 heteroatoms. The lowest BCUT2D eigenvalue weighted by atomic mass is 9.99. The van der Waals surface area contributed by atoms with Gasteiger partial charge in [0.05, 0.1) is 6.33 Å². The lowest BCUT2D eigenvalue weighted by Crippen LogP contribution is -2.61. The third-order valence-corrected chi connectivity index (χ3v) is 13.6. The Bertz CT molecular complexity index is 3090. The molecule has 440 valence electrons. The summed E-state index contributed by atoms with van der Waals surface area (Å²) in [6.45, 7) is 2.78. The molecule has 0 bridgehead atoms. The van der Waals surface area contributed by atoms with E-state index in [-0.39, 0.29) is 75.0 Å². The van der Waals surface area contributed by atoms with Crippen LogP contribution in [0.1, 0.15) is 56.4 Å². The van der Waals surface area contributed by atoms with Crippen molar-refractivity contribution in [2.75, 3.05) is 24.6 Å². The number of guanidine groups is 2. The molecule has 3 aromatic carbocycles. The summed E-state index contributed by atoms with van der Waals surface area (Å²) in [7, 11) is 0. The Hall–Kier alpha value is -8.86. The fourth-order valence-corrected chi connectivity index (χ4v) is 9.12. The molecule has 9 amide bonds. The second-order valence-electron chi connectivity index (χ2n) is 19.2. The maximum atomic E-state index is 14.9. The smallest absolute Gasteiger partial charge is 0.244 e. The van der Waals surface area contributed by atoms with Crippen molar-refractivity contribution in [1.29, 1.82) is 0 Å². The van der Waals surface area contributed by atoms with Gasteiger partial charge in [0.2, 0.25) is 53.2 Å². The van der Waals surface area contributed by atoms with E-state index >= 15 is 0 Å². The third-order valence-electron chi connectivity index (χ3n) is 12.9. The van der Waals surface area contributed by atoms with Gasteiger partial charge in [0, 0.05) is 79.8 Å². The maximum absolute atomic E-state index is 14.9. The number of para-hydroxylation sites is 1. The van der Waals surface area contributed by atoms with Crippen molar-refractivity contribution in [3.05, 3.63) is 102 Å². The summed E-state index contributed by atoms with van der Waals surface area (Å²) in [6.07, 6.45) is 4.57. The zero-order valence-electron chi connectivity index (χ0n) is 45.3. The van der Waals surface area contributed by atoms with Crippen LogP contribution >= 0.6 is 25.3 Å². The van der Waals surface area contributed by atoms with Gasteiger partial charge in [0.15, 0.2) is 11.9 Å². The number of carbonyl (C=O) groups is 9. The quantitative estimate of drug-likeness (QED) is 0.00913. The van der Waals surface area contributed by atoms with E-state index in [1.54, 1.807) is 12.3 Å². The van der Waals surface area contributed by atoms with Crippen molar-refractivity contribution in [2.24, 2.45) is 38.7 Å². The van der Waals surface area contributed by atoms with Crippen LogP contribution in [0.4, 0.5) is 0 Å². The van der Waals surface area contributed by atoms with Crippen LogP contribution < -0.4 is 71.2 Å². The topological polar surface area (TPSA) is 449 Å². The van der Waals surface area contributed by atoms with Crippen molar-refractivity contribution in [3.8, 4) is 0 Å². The summed E-state index contributed by atoms with van der Waals surface area (Å²) < 4.78 is 0. The molecule has 0 unspecified atom stereocenters. The van der Waals surface area contributed by atoms with Gasteiger partial charge in [-0.3, -0.25) is 53.1 Å². The van der Waals surface area contributed by atoms with Crippen LogP contribution in [-0.4, -0.2) is 153 Å². The second kappa shape index (κ2) is 31.8. The van der Waals surface area contributed by atoms with Crippen LogP contribution in [0.15, 0.2) is 95.4 Å². The zero-order valence-corrected chi connectivity index (χ0v) is 47.1. The van der Waals surface area contributed by atoms with Gasteiger partial charge in [0.1, 0.15) is 48.3 Å². The number of nitrogens with zero attached hydrogens (tertiary/aromatic N) is 3. The number of carbonyl (C=O) groups excluding carboxylic acids is 9. The Morgan fingerprint density at radius 2 is 1.05 bits per heavy atom. The van der Waals surface area contributed by atoms with E-state index in [2.05, 4.69) is 92.7 Å². The minimum atomic E-state index is -1.44. The Kier molecular flexibility index (Phi) is 24.8. The van der Waals surface area contributed by atoms with E-state index in [9.17, 15) is 43.2 Å². The number of H-pyrrole nitrogens is 2. The molecule has 0 aliphatic rings. The number of aromatic amines is 2. The normalized spacial score (nSPS) is 14.0. The summed E-state index contributed by atoms with van der Waals surface area (Å²) in [5, 5.41) is 23.6. The van der Waals surface area contributed by atoms with Crippen LogP contribution in [0.5, 0.6) is 0 Å². The molecule has 2 aromatic heterocycles. The number of fused-ring (bicyclic) bond motifs is 2. The van der Waals surface area contributed by atoms with Gasteiger partial charge in [-0.25, -0.2) is 4.98 Å². The van der Waals surface area contributed by atoms with Gasteiger partial charge in [-0.05, 0) is 60.6 Å². The monoisotopic (exact) mass is 1170 g/mol. The minimum Gasteiger partial charge on any atom is -0.370 e. The highest BCUT2D eigenvalue weighted by atomic mass is 32.1. The molecule has 27 nitrogen and oxygen atoms in total. The molecule has 5 aromatic rings. The zero-order chi connectivity index (χ0) is 59.9. The maximum Gasteiger partial charge on any atom is 0.244 e. The Balaban J connectivity index is 1.41. The average molecular weight is 1170 g/mol. The van der Waals surface area contributed by atoms with Crippen LogP contribution in [0, 0.1) is 0 Å². The minimum absolute atomic E-state index is 0.0420. The number of rotatable bonds is 32. The van der Waals surface area contributed by atoms with Crippen LogP contribution in [0.25, 0.3) is 21.7 Å². The highest BCUT2D eigenvalue weighted by Crippen LogP contribution is 2.21. The highest BCUT2D eigenvalue weighted by Gasteiger charge is 2.34. The van der Waals surface area contributed by atoms with Crippen molar-refractivity contribution < 1.29 is 43.2 Å². The van der Waals surface area contributed by atoms with Crippen LogP contribution in [0.3, 0.4) is 0 Å². The SMILES string of the molecule is CC(=O)N[C@@H](CCCN=C(N)N)C(=O)N[C@@H](CS)C(=O)N[C@H](C)C(=O)N[C@@H](Cc1cnc[nH]1)C(=O)N[C@H](Cc1ccc2ccccc2c1)C(=O)N[C@@H](CCCN=C(N)N)C(=O)N[C@@H](Cc1c[nH]c2ccccc12)C(=O)N[C@@H](CS)C(N)=O. The number of imidazole rings is 1. The number of primary amides is 1. The van der Waals surface area contributed by atoms with Crippen LogP contribution in [0.2, 0.25) is 0 Å². The van der Waals surface area contributed by atoms with E-state index in [0.717, 1.165) is 21.7 Å². The van der Waals surface area contributed by atoms with E-state index in [1.807, 2.05) is 60.7 Å². The van der Waals surface area contributed by atoms with Crippen molar-refractivity contribution >= 4 is 112 Å². The van der Waals surface area contributed by atoms with E-state index in [0.29, 0.717) is 23.2 Å². The van der Waals surface area contributed by atoms with Gasteiger partial charge in [-0.2, -0.15) is 25.3 Å². The molecule has 0 saturated heterocycles. The first kappa shape index (κ1) is 64.0. The molecule has 8 atom stereocenters. The number of nitrogens with two attached hydrogens (primary N) is 5. The summed E-state index contributed by atoms with van der Waals surface area (Å²) in [4.78, 5) is 141. The van der Waals surface area contributed by atoms with Crippen molar-refractivity contribution in [2.45, 2.75) is 107 Å². The molecule has 0 fully saturated rings. The summed E-state index contributed by atoms with van der Waals surface area (Å²) in [6, 6.07) is 9.77. The van der Waals surface area contributed by atoms with Gasteiger partial charge < -0.3 is 81.2 Å². The molecule has 0 spiro atoms. The summed E-state index contributed by atoms with van der Waals surface area (Å²) in [5.41, 5.74) is 29.9.